The zero-order valence-corrected chi connectivity index (χ0v) is 18.3. The summed E-state index contributed by atoms with van der Waals surface area (Å²) in [5.41, 5.74) is -0.0172. The summed E-state index contributed by atoms with van der Waals surface area (Å²) in [7, 11) is 0. The van der Waals surface area contributed by atoms with Gasteiger partial charge in [0.1, 0.15) is 17.4 Å². The minimum absolute atomic E-state index is 0.179. The van der Waals surface area contributed by atoms with Gasteiger partial charge in [-0.3, -0.25) is 4.79 Å². The summed E-state index contributed by atoms with van der Waals surface area (Å²) in [6.45, 7) is 13.6. The number of rotatable bonds is 12. The number of anilines is 1. The second kappa shape index (κ2) is 11.7. The van der Waals surface area contributed by atoms with Crippen molar-refractivity contribution in [2.24, 2.45) is 11.8 Å². The first-order valence-corrected chi connectivity index (χ1v) is 10.4. The zero-order chi connectivity index (χ0) is 21.2. The summed E-state index contributed by atoms with van der Waals surface area (Å²) in [5, 5.41) is 12.5. The summed E-state index contributed by atoms with van der Waals surface area (Å²) in [6, 6.07) is 7.35. The van der Waals surface area contributed by atoms with Gasteiger partial charge in [0.15, 0.2) is 0 Å². The number of carbonyl (C=O) groups excluding carboxylic acids is 1. The van der Waals surface area contributed by atoms with Crippen LogP contribution in [0.4, 0.5) is 5.69 Å². The number of carbonyl (C=O) groups is 1. The Morgan fingerprint density at radius 3 is 2.21 bits per heavy atom. The van der Waals surface area contributed by atoms with E-state index in [4.69, 9.17) is 9.47 Å². The van der Waals surface area contributed by atoms with Crippen LogP contribution in [0.2, 0.25) is 0 Å². The summed E-state index contributed by atoms with van der Waals surface area (Å²) in [6.07, 6.45) is 3.01. The molecule has 1 rings (SSSR count). The van der Waals surface area contributed by atoms with Crippen molar-refractivity contribution in [2.45, 2.75) is 72.8 Å². The van der Waals surface area contributed by atoms with Crippen LogP contribution >= 0.6 is 0 Å². The van der Waals surface area contributed by atoms with Gasteiger partial charge in [-0.05, 0) is 55.7 Å². The minimum atomic E-state index is -0.900. The molecule has 28 heavy (non-hydrogen) atoms. The van der Waals surface area contributed by atoms with E-state index in [9.17, 15) is 10.1 Å². The third-order valence-corrected chi connectivity index (χ3v) is 4.30. The van der Waals surface area contributed by atoms with E-state index in [1.54, 1.807) is 18.2 Å². The number of hydrogen-bond donors (Lipinski definition) is 1. The van der Waals surface area contributed by atoms with Crippen molar-refractivity contribution >= 4 is 11.6 Å². The highest BCUT2D eigenvalue weighted by atomic mass is 16.5. The molecule has 5 nitrogen and oxygen atoms in total. The van der Waals surface area contributed by atoms with Crippen molar-refractivity contribution in [3.05, 3.63) is 23.8 Å². The SMILES string of the molecule is CCCOc1ccc(NC(=O)C(CC(C)C)(CC(C)C)OCCC)c(C#N)c1. The fourth-order valence-corrected chi connectivity index (χ4v) is 3.34. The van der Waals surface area contributed by atoms with Gasteiger partial charge in [0.05, 0.1) is 17.9 Å². The lowest BCUT2D eigenvalue weighted by Crippen LogP contribution is -2.48. The second-order valence-electron chi connectivity index (χ2n) is 8.16. The topological polar surface area (TPSA) is 71.3 Å². The molecule has 0 aromatic heterocycles. The number of nitrogens with zero attached hydrogens (tertiary/aromatic N) is 1. The maximum absolute atomic E-state index is 13.4. The van der Waals surface area contributed by atoms with Crippen LogP contribution in [0.3, 0.4) is 0 Å². The molecule has 0 saturated heterocycles. The van der Waals surface area contributed by atoms with E-state index >= 15 is 0 Å². The predicted molar refractivity (Wildman–Crippen MR) is 113 cm³/mol. The normalized spacial score (nSPS) is 11.5. The monoisotopic (exact) mass is 388 g/mol. The second-order valence-corrected chi connectivity index (χ2v) is 8.16. The van der Waals surface area contributed by atoms with Crippen molar-refractivity contribution in [3.63, 3.8) is 0 Å². The van der Waals surface area contributed by atoms with Gasteiger partial charge in [0, 0.05) is 6.61 Å². The van der Waals surface area contributed by atoms with Gasteiger partial charge >= 0.3 is 0 Å². The average Bonchev–Trinajstić information content (AvgIpc) is 2.64. The molecule has 0 aliphatic rings. The maximum atomic E-state index is 13.4. The van der Waals surface area contributed by atoms with Crippen LogP contribution in [-0.4, -0.2) is 24.7 Å². The van der Waals surface area contributed by atoms with Gasteiger partial charge in [-0.25, -0.2) is 0 Å². The maximum Gasteiger partial charge on any atom is 0.256 e. The van der Waals surface area contributed by atoms with Gasteiger partial charge < -0.3 is 14.8 Å². The minimum Gasteiger partial charge on any atom is -0.494 e. The first-order chi connectivity index (χ1) is 13.3. The molecule has 0 spiro atoms. The average molecular weight is 389 g/mol. The van der Waals surface area contributed by atoms with Gasteiger partial charge in [0.25, 0.3) is 5.91 Å². The molecule has 0 aliphatic heterocycles. The highest BCUT2D eigenvalue weighted by Crippen LogP contribution is 2.32. The molecule has 0 aliphatic carbocycles. The Balaban J connectivity index is 3.16. The summed E-state index contributed by atoms with van der Waals surface area (Å²) in [5.74, 6) is 1.07. The molecule has 156 valence electrons. The van der Waals surface area contributed by atoms with Crippen LogP contribution in [-0.2, 0) is 9.53 Å². The van der Waals surface area contributed by atoms with Crippen LogP contribution in [0.15, 0.2) is 18.2 Å². The molecule has 0 heterocycles. The van der Waals surface area contributed by atoms with E-state index in [0.29, 0.717) is 54.9 Å². The molecule has 0 unspecified atom stereocenters. The Labute approximate surface area is 170 Å². The molecule has 1 aromatic rings. The summed E-state index contributed by atoms with van der Waals surface area (Å²) < 4.78 is 11.8. The number of benzene rings is 1. The Bertz CT molecular complexity index is 652. The molecule has 0 radical (unpaired) electrons. The Morgan fingerprint density at radius 2 is 1.71 bits per heavy atom. The van der Waals surface area contributed by atoms with E-state index in [1.807, 2.05) is 13.8 Å². The molecule has 1 N–H and O–H groups in total. The van der Waals surface area contributed by atoms with Gasteiger partial charge in [0.2, 0.25) is 0 Å². The quantitative estimate of drug-likeness (QED) is 0.510. The van der Waals surface area contributed by atoms with E-state index < -0.39 is 5.60 Å². The first kappa shape index (κ1) is 24.0. The number of nitrogens with one attached hydrogen (secondary N) is 1. The fourth-order valence-electron chi connectivity index (χ4n) is 3.34. The molecule has 0 fully saturated rings. The van der Waals surface area contributed by atoms with Gasteiger partial charge in [-0.2, -0.15) is 5.26 Å². The smallest absolute Gasteiger partial charge is 0.256 e. The molecule has 0 bridgehead atoms. The Kier molecular flexibility index (Phi) is 10.0. The van der Waals surface area contributed by atoms with Crippen LogP contribution in [0.1, 0.15) is 72.8 Å². The van der Waals surface area contributed by atoms with Crippen molar-refractivity contribution in [1.82, 2.24) is 0 Å². The fraction of sp³-hybridized carbons (Fsp3) is 0.652. The first-order valence-electron chi connectivity index (χ1n) is 10.4. The molecule has 1 amide bonds. The lowest BCUT2D eigenvalue weighted by molar-refractivity contribution is -0.147. The van der Waals surface area contributed by atoms with Crippen molar-refractivity contribution in [1.29, 1.82) is 5.26 Å². The number of ether oxygens (including phenoxy) is 2. The third kappa shape index (κ3) is 7.16. The molecule has 0 atom stereocenters. The van der Waals surface area contributed by atoms with Crippen molar-refractivity contribution in [3.8, 4) is 11.8 Å². The molecule has 0 saturated carbocycles. The lowest BCUT2D eigenvalue weighted by Gasteiger charge is -2.35. The number of hydrogen-bond acceptors (Lipinski definition) is 4. The molecular formula is C23H36N2O3. The van der Waals surface area contributed by atoms with Gasteiger partial charge in [-0.1, -0.05) is 41.5 Å². The standard InChI is InChI=1S/C23H36N2O3/c1-7-11-27-20-9-10-21(19(13-20)16-24)25-22(26)23(14-17(3)4,15-18(5)6)28-12-8-2/h9-10,13,17-18H,7-8,11-12,14-15H2,1-6H3,(H,25,26). The number of nitriles is 1. The lowest BCUT2D eigenvalue weighted by atomic mass is 9.83. The summed E-state index contributed by atoms with van der Waals surface area (Å²) >= 11 is 0. The van der Waals surface area contributed by atoms with Crippen LogP contribution in [0, 0.1) is 23.2 Å². The van der Waals surface area contributed by atoms with Gasteiger partial charge in [-0.15, -0.1) is 0 Å². The van der Waals surface area contributed by atoms with E-state index in [0.717, 1.165) is 12.8 Å². The summed E-state index contributed by atoms with van der Waals surface area (Å²) in [4.78, 5) is 13.4. The third-order valence-electron chi connectivity index (χ3n) is 4.30. The van der Waals surface area contributed by atoms with E-state index in [2.05, 4.69) is 39.1 Å². The molecular weight excluding hydrogens is 352 g/mol. The van der Waals surface area contributed by atoms with Crippen molar-refractivity contribution in [2.75, 3.05) is 18.5 Å². The van der Waals surface area contributed by atoms with E-state index in [1.165, 1.54) is 0 Å². The number of amides is 1. The van der Waals surface area contributed by atoms with Crippen LogP contribution < -0.4 is 10.1 Å². The van der Waals surface area contributed by atoms with Crippen LogP contribution in [0.5, 0.6) is 5.75 Å². The Morgan fingerprint density at radius 1 is 1.11 bits per heavy atom. The van der Waals surface area contributed by atoms with Crippen molar-refractivity contribution < 1.29 is 14.3 Å². The Hall–Kier alpha value is -2.06. The predicted octanol–water partition coefficient (Wildman–Crippen LogP) is 5.54. The van der Waals surface area contributed by atoms with Crippen LogP contribution in [0.25, 0.3) is 0 Å². The highest BCUT2D eigenvalue weighted by molar-refractivity contribution is 5.98. The highest BCUT2D eigenvalue weighted by Gasteiger charge is 2.40. The van der Waals surface area contributed by atoms with E-state index in [-0.39, 0.29) is 5.91 Å². The molecule has 5 heteroatoms. The molecule has 1 aromatic carbocycles. The largest absolute Gasteiger partial charge is 0.494 e. The zero-order valence-electron chi connectivity index (χ0n) is 18.3.